The van der Waals surface area contributed by atoms with Crippen molar-refractivity contribution in [3.8, 4) is 0 Å². The minimum absolute atomic E-state index is 0.0207. The van der Waals surface area contributed by atoms with E-state index in [2.05, 4.69) is 19.2 Å². The molecule has 0 spiro atoms. The normalized spacial score (nSPS) is 12.6. The Balaban J connectivity index is 3.37. The summed E-state index contributed by atoms with van der Waals surface area (Å²) in [5.41, 5.74) is 0. The van der Waals surface area contributed by atoms with Crippen molar-refractivity contribution in [2.24, 2.45) is 0 Å². The topological polar surface area (TPSA) is 69.6 Å². The Kier molecular flexibility index (Phi) is 57.2. The molecule has 2 unspecified atom stereocenters. The number of hydrogen-bond acceptors (Lipinski definition) is 3. The van der Waals surface area contributed by atoms with Crippen LogP contribution in [0, 0.1) is 0 Å². The fraction of sp³-hybridized carbons (Fsp3) is 0.984. The van der Waals surface area contributed by atoms with Crippen molar-refractivity contribution in [1.82, 2.24) is 5.32 Å². The van der Waals surface area contributed by atoms with Gasteiger partial charge in [0.25, 0.3) is 0 Å². The molecule has 2 atom stereocenters. The molecule has 0 radical (unpaired) electrons. The molecular formula is C61H123NO3. The minimum atomic E-state index is -0.655. The second kappa shape index (κ2) is 57.7. The van der Waals surface area contributed by atoms with Gasteiger partial charge in [0.05, 0.1) is 18.8 Å². The second-order valence-electron chi connectivity index (χ2n) is 21.5. The zero-order valence-corrected chi connectivity index (χ0v) is 45.1. The fourth-order valence-electron chi connectivity index (χ4n) is 10.2. The van der Waals surface area contributed by atoms with Crippen molar-refractivity contribution in [3.63, 3.8) is 0 Å². The van der Waals surface area contributed by atoms with Gasteiger partial charge in [0.15, 0.2) is 0 Å². The molecule has 0 bridgehead atoms. The summed E-state index contributed by atoms with van der Waals surface area (Å²) in [5.74, 6) is -0.0207. The Morgan fingerprint density at radius 2 is 0.492 bits per heavy atom. The quantitative estimate of drug-likeness (QED) is 0.0533. The van der Waals surface area contributed by atoms with E-state index in [0.717, 1.165) is 25.7 Å². The highest BCUT2D eigenvalue weighted by atomic mass is 16.3. The summed E-state index contributed by atoms with van der Waals surface area (Å²) in [7, 11) is 0. The lowest BCUT2D eigenvalue weighted by molar-refractivity contribution is -0.123. The highest BCUT2D eigenvalue weighted by molar-refractivity contribution is 5.76. The van der Waals surface area contributed by atoms with Gasteiger partial charge in [0.2, 0.25) is 5.91 Å². The van der Waals surface area contributed by atoms with Crippen molar-refractivity contribution < 1.29 is 15.0 Å². The van der Waals surface area contributed by atoms with Crippen molar-refractivity contribution in [3.05, 3.63) is 0 Å². The summed E-state index contributed by atoms with van der Waals surface area (Å²) in [6, 6.07) is -0.532. The first-order valence-electron chi connectivity index (χ1n) is 30.7. The summed E-state index contributed by atoms with van der Waals surface area (Å²) in [5, 5.41) is 23.4. The van der Waals surface area contributed by atoms with Gasteiger partial charge >= 0.3 is 0 Å². The molecule has 1 amide bonds. The number of rotatable bonds is 58. The number of nitrogens with one attached hydrogen (secondary N) is 1. The molecule has 0 aliphatic rings. The van der Waals surface area contributed by atoms with Crippen LogP contribution in [0.5, 0.6) is 0 Å². The third-order valence-electron chi connectivity index (χ3n) is 14.9. The first-order valence-corrected chi connectivity index (χ1v) is 30.7. The molecule has 3 N–H and O–H groups in total. The second-order valence-corrected chi connectivity index (χ2v) is 21.5. The van der Waals surface area contributed by atoms with Crippen LogP contribution in [0.3, 0.4) is 0 Å². The summed E-state index contributed by atoms with van der Waals surface area (Å²) < 4.78 is 0. The molecule has 0 saturated carbocycles. The molecule has 0 aromatic rings. The number of carbonyl (C=O) groups is 1. The summed E-state index contributed by atoms with van der Waals surface area (Å²) >= 11 is 0. The SMILES string of the molecule is CCCCCCCCCCCCCCCCCCCCCCCCCCCCCCCCC(=O)NC(CO)C(O)CCCCCCCCCCCCCCCCCCCCCCCCC. The number of unbranched alkanes of at least 4 members (excludes halogenated alkanes) is 51. The number of hydrogen-bond donors (Lipinski definition) is 3. The number of carbonyl (C=O) groups excluding carboxylic acids is 1. The highest BCUT2D eigenvalue weighted by Crippen LogP contribution is 2.19. The Bertz CT molecular complexity index is 864. The lowest BCUT2D eigenvalue weighted by atomic mass is 10.0. The highest BCUT2D eigenvalue weighted by Gasteiger charge is 2.20. The minimum Gasteiger partial charge on any atom is -0.394 e. The fourth-order valence-corrected chi connectivity index (χ4v) is 10.2. The van der Waals surface area contributed by atoms with Crippen LogP contribution in [0.4, 0.5) is 0 Å². The lowest BCUT2D eigenvalue weighted by Gasteiger charge is -2.22. The number of aliphatic hydroxyl groups is 2. The van der Waals surface area contributed by atoms with Crippen LogP contribution < -0.4 is 5.32 Å². The van der Waals surface area contributed by atoms with Crippen LogP contribution in [0.2, 0.25) is 0 Å². The molecule has 0 aromatic carbocycles. The molecule has 0 fully saturated rings. The molecule has 4 heteroatoms. The van der Waals surface area contributed by atoms with Crippen molar-refractivity contribution in [2.75, 3.05) is 6.61 Å². The lowest BCUT2D eigenvalue weighted by Crippen LogP contribution is -2.45. The third-order valence-corrected chi connectivity index (χ3v) is 14.9. The van der Waals surface area contributed by atoms with Crippen molar-refractivity contribution in [1.29, 1.82) is 0 Å². The van der Waals surface area contributed by atoms with E-state index < -0.39 is 12.1 Å². The van der Waals surface area contributed by atoms with E-state index >= 15 is 0 Å². The van der Waals surface area contributed by atoms with E-state index in [1.54, 1.807) is 0 Å². The van der Waals surface area contributed by atoms with Gasteiger partial charge in [0, 0.05) is 6.42 Å². The smallest absolute Gasteiger partial charge is 0.220 e. The average molecular weight is 919 g/mol. The van der Waals surface area contributed by atoms with Gasteiger partial charge in [-0.2, -0.15) is 0 Å². The van der Waals surface area contributed by atoms with Crippen LogP contribution in [0.25, 0.3) is 0 Å². The third kappa shape index (κ3) is 54.2. The van der Waals surface area contributed by atoms with Gasteiger partial charge in [-0.05, 0) is 12.8 Å². The van der Waals surface area contributed by atoms with E-state index in [4.69, 9.17) is 0 Å². The molecule has 0 rings (SSSR count). The Morgan fingerprint density at radius 3 is 0.692 bits per heavy atom. The molecule has 0 aromatic heterocycles. The van der Waals surface area contributed by atoms with Gasteiger partial charge in [0.1, 0.15) is 0 Å². The van der Waals surface area contributed by atoms with Gasteiger partial charge in [-0.1, -0.05) is 348 Å². The van der Waals surface area contributed by atoms with Crippen LogP contribution in [-0.2, 0) is 4.79 Å². The van der Waals surface area contributed by atoms with Crippen molar-refractivity contribution in [2.45, 2.75) is 379 Å². The average Bonchev–Trinajstić information content (AvgIpc) is 3.31. The van der Waals surface area contributed by atoms with E-state index in [1.165, 1.54) is 315 Å². The monoisotopic (exact) mass is 918 g/mol. The van der Waals surface area contributed by atoms with Gasteiger partial charge in [-0.25, -0.2) is 0 Å². The summed E-state index contributed by atoms with van der Waals surface area (Å²) in [6.07, 6.45) is 74.1. The van der Waals surface area contributed by atoms with E-state index in [1.807, 2.05) is 0 Å². The Labute approximate surface area is 410 Å². The van der Waals surface area contributed by atoms with Crippen LogP contribution >= 0.6 is 0 Å². The maximum absolute atomic E-state index is 12.5. The van der Waals surface area contributed by atoms with Gasteiger partial charge < -0.3 is 15.5 Å². The predicted octanol–water partition coefficient (Wildman–Crippen LogP) is 20.3. The van der Waals surface area contributed by atoms with E-state index in [9.17, 15) is 15.0 Å². The maximum Gasteiger partial charge on any atom is 0.220 e. The first-order chi connectivity index (χ1) is 32.2. The van der Waals surface area contributed by atoms with Gasteiger partial charge in [-0.15, -0.1) is 0 Å². The molecule has 0 heterocycles. The number of aliphatic hydroxyl groups excluding tert-OH is 2. The van der Waals surface area contributed by atoms with E-state index in [0.29, 0.717) is 12.8 Å². The van der Waals surface area contributed by atoms with Gasteiger partial charge in [-0.3, -0.25) is 4.79 Å². The van der Waals surface area contributed by atoms with Crippen LogP contribution in [0.15, 0.2) is 0 Å². The standard InChI is InChI=1S/C61H123NO3/c1-3-5-7-9-11-13-15-17-19-21-23-25-27-28-29-30-31-32-33-35-37-39-41-43-45-47-49-51-53-55-57-61(65)62-59(58-63)60(64)56-54-52-50-48-46-44-42-40-38-36-34-26-24-22-20-18-16-14-12-10-8-6-4-2/h59-60,63-64H,3-58H2,1-2H3,(H,62,65). The van der Waals surface area contributed by atoms with Crippen molar-refractivity contribution >= 4 is 5.91 Å². The molecular weight excluding hydrogens is 795 g/mol. The zero-order chi connectivity index (χ0) is 47.0. The van der Waals surface area contributed by atoms with Crippen LogP contribution in [-0.4, -0.2) is 34.9 Å². The molecule has 0 aliphatic heterocycles. The maximum atomic E-state index is 12.5. The molecule has 390 valence electrons. The summed E-state index contributed by atoms with van der Waals surface area (Å²) in [6.45, 7) is 4.41. The molecule has 65 heavy (non-hydrogen) atoms. The predicted molar refractivity (Wildman–Crippen MR) is 290 cm³/mol. The molecule has 4 nitrogen and oxygen atoms in total. The zero-order valence-electron chi connectivity index (χ0n) is 45.1. The van der Waals surface area contributed by atoms with Crippen LogP contribution in [0.1, 0.15) is 367 Å². The van der Waals surface area contributed by atoms with E-state index in [-0.39, 0.29) is 12.5 Å². The largest absolute Gasteiger partial charge is 0.394 e. The summed E-state index contributed by atoms with van der Waals surface area (Å²) in [4.78, 5) is 12.5. The molecule has 0 aliphatic carbocycles. The molecule has 0 saturated heterocycles. The Hall–Kier alpha value is -0.610. The first kappa shape index (κ1) is 64.4. The Morgan fingerprint density at radius 1 is 0.308 bits per heavy atom. The number of amides is 1.